The van der Waals surface area contributed by atoms with Gasteiger partial charge in [0, 0.05) is 38.8 Å². The minimum Gasteiger partial charge on any atom is -0.379 e. The zero-order valence-electron chi connectivity index (χ0n) is 19.1. The number of hydrogen-bond donors (Lipinski definition) is 3. The Morgan fingerprint density at radius 2 is 1.76 bits per heavy atom. The molecule has 0 radical (unpaired) electrons. The first-order valence-corrected chi connectivity index (χ1v) is 11.0. The maximum Gasteiger partial charge on any atom is 0.251 e. The first-order valence-electron chi connectivity index (χ1n) is 11.0. The summed E-state index contributed by atoms with van der Waals surface area (Å²) < 4.78 is 19.0. The van der Waals surface area contributed by atoms with E-state index in [-0.39, 0.29) is 41.7 Å². The molecule has 3 N–H and O–H groups in total. The number of carbonyl (C=O) groups excluding carboxylic acids is 1. The van der Waals surface area contributed by atoms with E-state index in [4.69, 9.17) is 9.73 Å². The van der Waals surface area contributed by atoms with Crippen LogP contribution in [0.4, 0.5) is 4.39 Å². The Hall–Kier alpha value is -2.24. The molecule has 1 heterocycles. The van der Waals surface area contributed by atoms with Gasteiger partial charge < -0.3 is 20.7 Å². The van der Waals surface area contributed by atoms with Gasteiger partial charge in [-0.2, -0.15) is 0 Å². The number of hydrogen-bond acceptors (Lipinski definition) is 4. The van der Waals surface area contributed by atoms with E-state index in [9.17, 15) is 9.18 Å². The molecule has 1 atom stereocenters. The molecule has 9 heteroatoms. The van der Waals surface area contributed by atoms with Crippen molar-refractivity contribution in [3.63, 3.8) is 0 Å². The lowest BCUT2D eigenvalue weighted by Gasteiger charge is -2.35. The Morgan fingerprint density at radius 1 is 1.09 bits per heavy atom. The summed E-state index contributed by atoms with van der Waals surface area (Å²) in [6, 6.07) is 14.2. The molecule has 0 aliphatic carbocycles. The molecule has 1 amide bonds. The average molecular weight is 569 g/mol. The highest BCUT2D eigenvalue weighted by atomic mass is 127. The maximum absolute atomic E-state index is 13.5. The van der Waals surface area contributed by atoms with Crippen LogP contribution in [0.15, 0.2) is 53.5 Å². The first-order chi connectivity index (χ1) is 15.6. The van der Waals surface area contributed by atoms with E-state index in [1.165, 1.54) is 12.1 Å². The summed E-state index contributed by atoms with van der Waals surface area (Å²) in [6.45, 7) is 6.92. The van der Waals surface area contributed by atoms with Crippen molar-refractivity contribution in [2.24, 2.45) is 4.99 Å². The third kappa shape index (κ3) is 8.24. The number of aliphatic imine (C=N–C) groups is 1. The van der Waals surface area contributed by atoms with Gasteiger partial charge in [-0.05, 0) is 42.3 Å². The first kappa shape index (κ1) is 27.0. The largest absolute Gasteiger partial charge is 0.379 e. The average Bonchev–Trinajstić information content (AvgIpc) is 2.84. The number of halogens is 2. The molecular formula is C24H33FIN5O2. The number of amides is 1. The van der Waals surface area contributed by atoms with Gasteiger partial charge >= 0.3 is 0 Å². The zero-order valence-corrected chi connectivity index (χ0v) is 21.5. The second kappa shape index (κ2) is 14.1. The summed E-state index contributed by atoms with van der Waals surface area (Å²) in [5, 5.41) is 9.34. The molecule has 1 aliphatic heterocycles. The summed E-state index contributed by atoms with van der Waals surface area (Å²) in [5.74, 6) is 0.369. The fourth-order valence-electron chi connectivity index (χ4n) is 3.64. The number of nitrogens with one attached hydrogen (secondary N) is 3. The van der Waals surface area contributed by atoms with Gasteiger partial charge in [0.25, 0.3) is 5.91 Å². The monoisotopic (exact) mass is 569 g/mol. The van der Waals surface area contributed by atoms with Crippen LogP contribution in [-0.4, -0.2) is 63.2 Å². The third-order valence-corrected chi connectivity index (χ3v) is 5.41. The predicted molar refractivity (Wildman–Crippen MR) is 140 cm³/mol. The summed E-state index contributed by atoms with van der Waals surface area (Å²) in [4.78, 5) is 18.7. The van der Waals surface area contributed by atoms with Gasteiger partial charge in [0.05, 0.1) is 25.8 Å². The highest BCUT2D eigenvalue weighted by molar-refractivity contribution is 14.0. The van der Waals surface area contributed by atoms with Crippen molar-refractivity contribution in [2.75, 3.05) is 46.4 Å². The molecule has 0 bridgehead atoms. The van der Waals surface area contributed by atoms with Crippen LogP contribution in [0.25, 0.3) is 0 Å². The van der Waals surface area contributed by atoms with Crippen LogP contribution in [0.5, 0.6) is 0 Å². The van der Waals surface area contributed by atoms with Crippen LogP contribution in [-0.2, 0) is 11.3 Å². The predicted octanol–water partition coefficient (Wildman–Crippen LogP) is 2.93. The highest BCUT2D eigenvalue weighted by Crippen LogP contribution is 2.21. The van der Waals surface area contributed by atoms with Crippen LogP contribution in [0.3, 0.4) is 0 Å². The Bertz CT molecular complexity index is 887. The van der Waals surface area contributed by atoms with Crippen molar-refractivity contribution >= 4 is 35.8 Å². The van der Waals surface area contributed by atoms with Crippen molar-refractivity contribution in [1.29, 1.82) is 0 Å². The standard InChI is InChI=1S/C24H32FN5O2.HI/c1-3-27-24(28-16-18-4-6-20(7-5-18)23(31)26-2)29-17-22(30-12-14-32-15-13-30)19-8-10-21(25)11-9-19;/h4-11,22H,3,12-17H2,1-2H3,(H,26,31)(H2,27,28,29);1H. The van der Waals surface area contributed by atoms with Gasteiger partial charge in [-0.25, -0.2) is 9.38 Å². The molecule has 0 aromatic heterocycles. The van der Waals surface area contributed by atoms with Crippen LogP contribution in [0, 0.1) is 5.82 Å². The fourth-order valence-corrected chi connectivity index (χ4v) is 3.64. The van der Waals surface area contributed by atoms with Crippen LogP contribution >= 0.6 is 24.0 Å². The van der Waals surface area contributed by atoms with Crippen LogP contribution in [0.2, 0.25) is 0 Å². The molecule has 2 aromatic carbocycles. The number of rotatable bonds is 8. The van der Waals surface area contributed by atoms with Gasteiger partial charge in [0.2, 0.25) is 0 Å². The van der Waals surface area contributed by atoms with Crippen molar-refractivity contribution < 1.29 is 13.9 Å². The van der Waals surface area contributed by atoms with Gasteiger partial charge in [-0.3, -0.25) is 9.69 Å². The van der Waals surface area contributed by atoms with E-state index in [1.54, 1.807) is 19.2 Å². The van der Waals surface area contributed by atoms with Gasteiger partial charge in [0.1, 0.15) is 5.82 Å². The minimum absolute atomic E-state index is 0. The fraction of sp³-hybridized carbons (Fsp3) is 0.417. The molecule has 33 heavy (non-hydrogen) atoms. The number of benzene rings is 2. The second-order valence-electron chi connectivity index (χ2n) is 7.57. The molecule has 1 fully saturated rings. The summed E-state index contributed by atoms with van der Waals surface area (Å²) in [7, 11) is 1.62. The number of guanidine groups is 1. The lowest BCUT2D eigenvalue weighted by molar-refractivity contribution is 0.0170. The summed E-state index contributed by atoms with van der Waals surface area (Å²) >= 11 is 0. The Balaban J connectivity index is 0.00000385. The molecule has 1 saturated heterocycles. The van der Waals surface area contributed by atoms with Gasteiger partial charge in [-0.1, -0.05) is 24.3 Å². The topological polar surface area (TPSA) is 78.0 Å². The lowest BCUT2D eigenvalue weighted by atomic mass is 10.0. The molecule has 7 nitrogen and oxygen atoms in total. The Kier molecular flexibility index (Phi) is 11.6. The molecule has 0 spiro atoms. The van der Waals surface area contributed by atoms with E-state index < -0.39 is 0 Å². The second-order valence-corrected chi connectivity index (χ2v) is 7.57. The summed E-state index contributed by atoms with van der Waals surface area (Å²) in [6.07, 6.45) is 0. The molecular weight excluding hydrogens is 536 g/mol. The lowest BCUT2D eigenvalue weighted by Crippen LogP contribution is -2.46. The highest BCUT2D eigenvalue weighted by Gasteiger charge is 2.23. The number of ether oxygens (including phenoxy) is 1. The van der Waals surface area contributed by atoms with E-state index in [1.807, 2.05) is 31.2 Å². The maximum atomic E-state index is 13.5. The molecule has 2 aromatic rings. The van der Waals surface area contributed by atoms with E-state index in [0.717, 1.165) is 30.8 Å². The van der Waals surface area contributed by atoms with Crippen molar-refractivity contribution in [3.8, 4) is 0 Å². The Labute approximate surface area is 212 Å². The molecule has 1 unspecified atom stereocenters. The molecule has 1 aliphatic rings. The molecule has 180 valence electrons. The smallest absolute Gasteiger partial charge is 0.251 e. The quantitative estimate of drug-likeness (QED) is 0.259. The van der Waals surface area contributed by atoms with Gasteiger partial charge in [0.15, 0.2) is 5.96 Å². The Morgan fingerprint density at radius 3 is 2.36 bits per heavy atom. The van der Waals surface area contributed by atoms with Crippen molar-refractivity contribution in [1.82, 2.24) is 20.9 Å². The number of nitrogens with zero attached hydrogens (tertiary/aromatic N) is 2. The van der Waals surface area contributed by atoms with Crippen LogP contribution < -0.4 is 16.0 Å². The van der Waals surface area contributed by atoms with E-state index in [0.29, 0.717) is 37.8 Å². The van der Waals surface area contributed by atoms with Crippen LogP contribution in [0.1, 0.15) is 34.5 Å². The molecule has 3 rings (SSSR count). The van der Waals surface area contributed by atoms with Crippen molar-refractivity contribution in [3.05, 3.63) is 71.0 Å². The number of morpholine rings is 1. The number of carbonyl (C=O) groups is 1. The van der Waals surface area contributed by atoms with Crippen molar-refractivity contribution in [2.45, 2.75) is 19.5 Å². The zero-order chi connectivity index (χ0) is 22.8. The minimum atomic E-state index is -0.236. The third-order valence-electron chi connectivity index (χ3n) is 5.41. The molecule has 0 saturated carbocycles. The van der Waals surface area contributed by atoms with E-state index in [2.05, 4.69) is 20.9 Å². The SMILES string of the molecule is CCNC(=NCc1ccc(C(=O)NC)cc1)NCC(c1ccc(F)cc1)N1CCOCC1.I. The van der Waals surface area contributed by atoms with E-state index >= 15 is 0 Å². The van der Waals surface area contributed by atoms with Gasteiger partial charge in [-0.15, -0.1) is 24.0 Å². The normalized spacial score (nSPS) is 15.3. The summed E-state index contributed by atoms with van der Waals surface area (Å²) in [5.41, 5.74) is 2.69.